The highest BCUT2D eigenvalue weighted by Crippen LogP contribution is 2.41. The molecule has 0 spiro atoms. The summed E-state index contributed by atoms with van der Waals surface area (Å²) in [6.45, 7) is 0. The Morgan fingerprint density at radius 1 is 1.58 bits per heavy atom. The van der Waals surface area contributed by atoms with Crippen molar-refractivity contribution in [3.63, 3.8) is 0 Å². The van der Waals surface area contributed by atoms with E-state index in [1.807, 2.05) is 0 Å². The molecule has 1 fully saturated rings. The molecule has 1 nitrogen and oxygen atoms in total. The highest BCUT2D eigenvalue weighted by Gasteiger charge is 2.30. The first kappa shape index (κ1) is 10.5. The van der Waals surface area contributed by atoms with E-state index in [0.717, 1.165) is 10.4 Å². The van der Waals surface area contributed by atoms with Gasteiger partial charge in [0, 0.05) is 20.8 Å². The molecule has 1 aliphatic rings. The topological polar surface area (TPSA) is 26.0 Å². The molecule has 1 aliphatic carbocycles. The average molecular weight is 269 g/mol. The first-order valence-corrected chi connectivity index (χ1v) is 5.44. The van der Waals surface area contributed by atoms with Crippen molar-refractivity contribution in [1.82, 2.24) is 0 Å². The molecule has 2 rings (SSSR count). The fourth-order valence-electron chi connectivity index (χ4n) is 1.19. The van der Waals surface area contributed by atoms with Gasteiger partial charge < -0.3 is 5.73 Å². The second-order valence-corrected chi connectivity index (χ2v) is 4.89. The standard InChI is InChI=1S/C8H10BrNS.ClH/c9-6-3-7(11-4-6)8(10)5-1-2-5;/h3-5,8H,1-2,10H2;1H/t8-;/m0./s1. The lowest BCUT2D eigenvalue weighted by Crippen LogP contribution is -2.10. The van der Waals surface area contributed by atoms with Crippen molar-refractivity contribution in [2.24, 2.45) is 11.7 Å². The van der Waals surface area contributed by atoms with Crippen LogP contribution < -0.4 is 5.73 Å². The van der Waals surface area contributed by atoms with Crippen molar-refractivity contribution in [3.05, 3.63) is 20.8 Å². The first-order valence-electron chi connectivity index (χ1n) is 3.77. The van der Waals surface area contributed by atoms with Crippen LogP contribution in [0.3, 0.4) is 0 Å². The minimum atomic E-state index is 0. The van der Waals surface area contributed by atoms with Crippen LogP contribution in [0.25, 0.3) is 0 Å². The molecule has 0 aliphatic heterocycles. The van der Waals surface area contributed by atoms with Crippen LogP contribution in [-0.4, -0.2) is 0 Å². The molecule has 0 radical (unpaired) electrons. The zero-order valence-corrected chi connectivity index (χ0v) is 9.71. The van der Waals surface area contributed by atoms with Gasteiger partial charge in [-0.05, 0) is 40.8 Å². The largest absolute Gasteiger partial charge is 0.323 e. The van der Waals surface area contributed by atoms with E-state index in [1.54, 1.807) is 11.3 Å². The second-order valence-electron chi connectivity index (χ2n) is 3.03. The molecule has 0 amide bonds. The third-order valence-corrected chi connectivity index (χ3v) is 3.84. The van der Waals surface area contributed by atoms with Gasteiger partial charge in [0.15, 0.2) is 0 Å². The molecule has 0 aromatic carbocycles. The molecule has 2 N–H and O–H groups in total. The van der Waals surface area contributed by atoms with Crippen molar-refractivity contribution in [3.8, 4) is 0 Å². The molecular formula is C8H11BrClNS. The Kier molecular flexibility index (Phi) is 3.58. The lowest BCUT2D eigenvalue weighted by atomic mass is 10.2. The smallest absolute Gasteiger partial charge is 0.0418 e. The summed E-state index contributed by atoms with van der Waals surface area (Å²) < 4.78 is 1.16. The Bertz CT molecular complexity index is 259. The summed E-state index contributed by atoms with van der Waals surface area (Å²) in [6.07, 6.45) is 2.63. The lowest BCUT2D eigenvalue weighted by Gasteiger charge is -2.05. The van der Waals surface area contributed by atoms with Gasteiger partial charge in [-0.3, -0.25) is 0 Å². The van der Waals surface area contributed by atoms with Gasteiger partial charge in [-0.1, -0.05) is 0 Å². The van der Waals surface area contributed by atoms with Gasteiger partial charge >= 0.3 is 0 Å². The van der Waals surface area contributed by atoms with Gasteiger partial charge in [0.2, 0.25) is 0 Å². The van der Waals surface area contributed by atoms with E-state index >= 15 is 0 Å². The molecule has 0 unspecified atom stereocenters. The Morgan fingerprint density at radius 3 is 2.67 bits per heavy atom. The highest BCUT2D eigenvalue weighted by molar-refractivity contribution is 9.10. The van der Waals surface area contributed by atoms with Crippen molar-refractivity contribution in [2.75, 3.05) is 0 Å². The zero-order valence-electron chi connectivity index (χ0n) is 6.50. The van der Waals surface area contributed by atoms with E-state index in [4.69, 9.17) is 5.73 Å². The van der Waals surface area contributed by atoms with Crippen LogP contribution in [0.2, 0.25) is 0 Å². The fourth-order valence-corrected chi connectivity index (χ4v) is 2.73. The summed E-state index contributed by atoms with van der Waals surface area (Å²) in [5, 5.41) is 2.09. The van der Waals surface area contributed by atoms with Gasteiger partial charge in [0.1, 0.15) is 0 Å². The van der Waals surface area contributed by atoms with Crippen molar-refractivity contribution in [2.45, 2.75) is 18.9 Å². The van der Waals surface area contributed by atoms with Crippen LogP contribution in [0.4, 0.5) is 0 Å². The Labute approximate surface area is 90.9 Å². The van der Waals surface area contributed by atoms with Crippen LogP contribution in [-0.2, 0) is 0 Å². The molecule has 1 saturated carbocycles. The highest BCUT2D eigenvalue weighted by atomic mass is 79.9. The summed E-state index contributed by atoms with van der Waals surface area (Å²) in [5.74, 6) is 0.764. The average Bonchev–Trinajstić information content (AvgIpc) is 2.74. The number of hydrogen-bond acceptors (Lipinski definition) is 2. The molecule has 68 valence electrons. The molecule has 1 heterocycles. The van der Waals surface area contributed by atoms with Crippen molar-refractivity contribution < 1.29 is 0 Å². The summed E-state index contributed by atoms with van der Waals surface area (Å²) in [5.41, 5.74) is 6.00. The van der Waals surface area contributed by atoms with Crippen LogP contribution in [0.15, 0.2) is 15.9 Å². The maximum Gasteiger partial charge on any atom is 0.0418 e. The van der Waals surface area contributed by atoms with Crippen LogP contribution in [0, 0.1) is 5.92 Å². The SMILES string of the molecule is Cl.N[C@H](c1cc(Br)cs1)C1CC1. The summed E-state index contributed by atoms with van der Waals surface area (Å²) in [7, 11) is 0. The third-order valence-electron chi connectivity index (χ3n) is 2.05. The molecule has 1 aromatic heterocycles. The van der Waals surface area contributed by atoms with E-state index in [2.05, 4.69) is 27.4 Å². The van der Waals surface area contributed by atoms with E-state index in [1.165, 1.54) is 17.7 Å². The fraction of sp³-hybridized carbons (Fsp3) is 0.500. The molecule has 4 heteroatoms. The first-order chi connectivity index (χ1) is 5.27. The quantitative estimate of drug-likeness (QED) is 0.875. The van der Waals surface area contributed by atoms with E-state index in [0.29, 0.717) is 6.04 Å². The Morgan fingerprint density at radius 2 is 2.25 bits per heavy atom. The predicted octanol–water partition coefficient (Wildman–Crippen LogP) is 3.34. The maximum atomic E-state index is 6.00. The Hall–Kier alpha value is 0.430. The molecular weight excluding hydrogens is 258 g/mol. The summed E-state index contributed by atoms with van der Waals surface area (Å²) in [4.78, 5) is 1.32. The monoisotopic (exact) mass is 267 g/mol. The third kappa shape index (κ3) is 2.22. The number of nitrogens with two attached hydrogens (primary N) is 1. The Balaban J connectivity index is 0.000000720. The lowest BCUT2D eigenvalue weighted by molar-refractivity contribution is 0.644. The van der Waals surface area contributed by atoms with Gasteiger partial charge in [-0.25, -0.2) is 0 Å². The van der Waals surface area contributed by atoms with Crippen molar-refractivity contribution in [1.29, 1.82) is 0 Å². The molecule has 0 saturated heterocycles. The van der Waals surface area contributed by atoms with Crippen LogP contribution in [0.5, 0.6) is 0 Å². The van der Waals surface area contributed by atoms with Gasteiger partial charge in [0.05, 0.1) is 0 Å². The van der Waals surface area contributed by atoms with E-state index in [-0.39, 0.29) is 12.4 Å². The molecule has 0 bridgehead atoms. The minimum absolute atomic E-state index is 0. The van der Waals surface area contributed by atoms with Crippen LogP contribution >= 0.6 is 39.7 Å². The molecule has 1 atom stereocenters. The van der Waals surface area contributed by atoms with Gasteiger partial charge in [0.25, 0.3) is 0 Å². The number of thiophene rings is 1. The molecule has 12 heavy (non-hydrogen) atoms. The summed E-state index contributed by atoms with van der Waals surface area (Å²) in [6, 6.07) is 2.43. The number of halogens is 2. The second kappa shape index (κ2) is 4.09. The van der Waals surface area contributed by atoms with Crippen LogP contribution in [0.1, 0.15) is 23.8 Å². The van der Waals surface area contributed by atoms with Gasteiger partial charge in [-0.2, -0.15) is 0 Å². The molecule has 1 aromatic rings. The number of hydrogen-bond donors (Lipinski definition) is 1. The predicted molar refractivity (Wildman–Crippen MR) is 58.9 cm³/mol. The normalized spacial score (nSPS) is 18.5. The number of rotatable bonds is 2. The maximum absolute atomic E-state index is 6.00. The van der Waals surface area contributed by atoms with Crippen molar-refractivity contribution >= 4 is 39.7 Å². The summed E-state index contributed by atoms with van der Waals surface area (Å²) >= 11 is 5.18. The minimum Gasteiger partial charge on any atom is -0.323 e. The van der Waals surface area contributed by atoms with E-state index in [9.17, 15) is 0 Å². The zero-order chi connectivity index (χ0) is 7.84. The van der Waals surface area contributed by atoms with E-state index < -0.39 is 0 Å². The van der Waals surface area contributed by atoms with Gasteiger partial charge in [-0.15, -0.1) is 23.7 Å².